The highest BCUT2D eigenvalue weighted by Crippen LogP contribution is 2.42. The number of benzene rings is 6. The van der Waals surface area contributed by atoms with Crippen LogP contribution in [0.15, 0.2) is 156 Å². The van der Waals surface area contributed by atoms with Crippen LogP contribution in [0.5, 0.6) is 0 Å². The van der Waals surface area contributed by atoms with E-state index in [1.807, 2.05) is 24.3 Å². The van der Waals surface area contributed by atoms with Crippen LogP contribution < -0.4 is 4.90 Å². The molecule has 2 aromatic heterocycles. The largest absolute Gasteiger partial charge is 0.436 e. The van der Waals surface area contributed by atoms with Crippen molar-refractivity contribution in [1.82, 2.24) is 9.55 Å². The van der Waals surface area contributed by atoms with E-state index < -0.39 is 0 Å². The van der Waals surface area contributed by atoms with E-state index >= 15 is 0 Å². The van der Waals surface area contributed by atoms with Crippen LogP contribution in [0.1, 0.15) is 0 Å². The van der Waals surface area contributed by atoms with Gasteiger partial charge in [0.2, 0.25) is 5.89 Å². The lowest BCUT2D eigenvalue weighted by molar-refractivity contribution is 0.620. The molecule has 4 nitrogen and oxygen atoms in total. The standard InChI is InChI=1S/C37H25N3O/c1-4-13-26(14-5-1)39(27-15-6-2-7-16-27)29-23-24-30-34(25-29)40(28-17-8-3-9-18-28)33-21-12-19-31(36(30)33)37-38-32-20-10-11-22-35(32)41-37/h1-25H. The third kappa shape index (κ3) is 3.88. The lowest BCUT2D eigenvalue weighted by Crippen LogP contribution is -2.09. The number of anilines is 3. The molecule has 0 aliphatic heterocycles. The highest BCUT2D eigenvalue weighted by atomic mass is 16.3. The first kappa shape index (κ1) is 23.3. The quantitative estimate of drug-likeness (QED) is 0.223. The minimum atomic E-state index is 0.628. The van der Waals surface area contributed by atoms with Gasteiger partial charge in [0.1, 0.15) is 5.52 Å². The molecule has 0 radical (unpaired) electrons. The van der Waals surface area contributed by atoms with Gasteiger partial charge in [-0.25, -0.2) is 4.98 Å². The Kier molecular flexibility index (Phi) is 5.42. The maximum absolute atomic E-state index is 6.28. The van der Waals surface area contributed by atoms with Crippen LogP contribution >= 0.6 is 0 Å². The molecular weight excluding hydrogens is 502 g/mol. The van der Waals surface area contributed by atoms with E-state index in [0.29, 0.717) is 5.89 Å². The molecule has 0 aliphatic rings. The van der Waals surface area contributed by atoms with Gasteiger partial charge in [-0.15, -0.1) is 0 Å². The molecule has 6 aromatic carbocycles. The molecule has 4 heteroatoms. The number of hydrogen-bond acceptors (Lipinski definition) is 3. The first-order valence-corrected chi connectivity index (χ1v) is 13.7. The zero-order valence-electron chi connectivity index (χ0n) is 22.2. The first-order valence-electron chi connectivity index (χ1n) is 13.7. The van der Waals surface area contributed by atoms with Crippen LogP contribution in [0.4, 0.5) is 17.1 Å². The van der Waals surface area contributed by atoms with Crippen molar-refractivity contribution in [2.24, 2.45) is 0 Å². The summed E-state index contributed by atoms with van der Waals surface area (Å²) in [6, 6.07) is 52.6. The normalized spacial score (nSPS) is 11.4. The molecule has 8 rings (SSSR count). The smallest absolute Gasteiger partial charge is 0.228 e. The molecular formula is C37H25N3O. The van der Waals surface area contributed by atoms with Crippen molar-refractivity contribution in [3.05, 3.63) is 152 Å². The predicted octanol–water partition coefficient (Wildman–Crippen LogP) is 10.1. The molecule has 0 aliphatic carbocycles. The van der Waals surface area contributed by atoms with Crippen molar-refractivity contribution in [1.29, 1.82) is 0 Å². The number of hydrogen-bond donors (Lipinski definition) is 0. The van der Waals surface area contributed by atoms with Crippen molar-refractivity contribution >= 4 is 50.0 Å². The van der Waals surface area contributed by atoms with Crippen molar-refractivity contribution < 1.29 is 4.42 Å². The zero-order valence-corrected chi connectivity index (χ0v) is 22.2. The Morgan fingerprint density at radius 1 is 0.537 bits per heavy atom. The molecule has 2 heterocycles. The molecule has 8 aromatic rings. The number of aromatic nitrogens is 2. The fourth-order valence-electron chi connectivity index (χ4n) is 5.82. The fraction of sp³-hybridized carbons (Fsp3) is 0. The summed E-state index contributed by atoms with van der Waals surface area (Å²) in [6.07, 6.45) is 0. The van der Waals surface area contributed by atoms with Crippen LogP contribution in [0.2, 0.25) is 0 Å². The molecule has 0 spiro atoms. The number of nitrogens with zero attached hydrogens (tertiary/aromatic N) is 3. The molecule has 0 fully saturated rings. The third-order valence-corrected chi connectivity index (χ3v) is 7.60. The summed E-state index contributed by atoms with van der Waals surface area (Å²) in [5.41, 5.74) is 9.24. The second kappa shape index (κ2) is 9.54. The van der Waals surface area contributed by atoms with Crippen LogP contribution in [0.25, 0.3) is 50.0 Å². The van der Waals surface area contributed by atoms with Gasteiger partial charge in [-0.05, 0) is 72.8 Å². The van der Waals surface area contributed by atoms with E-state index in [9.17, 15) is 0 Å². The minimum absolute atomic E-state index is 0.628. The van der Waals surface area contributed by atoms with Crippen molar-refractivity contribution in [3.8, 4) is 17.1 Å². The fourth-order valence-corrected chi connectivity index (χ4v) is 5.82. The number of para-hydroxylation sites is 5. The van der Waals surface area contributed by atoms with E-state index in [4.69, 9.17) is 9.40 Å². The molecule has 0 unspecified atom stereocenters. The van der Waals surface area contributed by atoms with Gasteiger partial charge >= 0.3 is 0 Å². The third-order valence-electron chi connectivity index (χ3n) is 7.60. The van der Waals surface area contributed by atoms with Gasteiger partial charge in [-0.3, -0.25) is 0 Å². The molecule has 41 heavy (non-hydrogen) atoms. The predicted molar refractivity (Wildman–Crippen MR) is 168 cm³/mol. The van der Waals surface area contributed by atoms with Gasteiger partial charge in [0.05, 0.1) is 11.0 Å². The van der Waals surface area contributed by atoms with E-state index in [2.05, 4.69) is 137 Å². The molecule has 0 N–H and O–H groups in total. The van der Waals surface area contributed by atoms with E-state index in [1.54, 1.807) is 0 Å². The summed E-state index contributed by atoms with van der Waals surface area (Å²) >= 11 is 0. The minimum Gasteiger partial charge on any atom is -0.436 e. The number of rotatable bonds is 5. The molecule has 0 amide bonds. The second-order valence-electron chi connectivity index (χ2n) is 10.1. The molecule has 194 valence electrons. The van der Waals surface area contributed by atoms with Crippen molar-refractivity contribution in [2.45, 2.75) is 0 Å². The maximum atomic E-state index is 6.28. The summed E-state index contributed by atoms with van der Waals surface area (Å²) in [5.74, 6) is 0.628. The maximum Gasteiger partial charge on any atom is 0.228 e. The van der Waals surface area contributed by atoms with Crippen LogP contribution in [0, 0.1) is 0 Å². The Bertz CT molecular complexity index is 2070. The Balaban J connectivity index is 1.43. The lowest BCUT2D eigenvalue weighted by atomic mass is 10.1. The first-order chi connectivity index (χ1) is 20.3. The van der Waals surface area contributed by atoms with Gasteiger partial charge in [0.15, 0.2) is 5.58 Å². The van der Waals surface area contributed by atoms with Gasteiger partial charge in [-0.2, -0.15) is 0 Å². The summed E-state index contributed by atoms with van der Waals surface area (Å²) in [5, 5.41) is 2.27. The van der Waals surface area contributed by atoms with E-state index in [1.165, 1.54) is 0 Å². The van der Waals surface area contributed by atoms with Gasteiger partial charge < -0.3 is 13.9 Å². The summed E-state index contributed by atoms with van der Waals surface area (Å²) in [4.78, 5) is 7.16. The van der Waals surface area contributed by atoms with Crippen LogP contribution in [-0.2, 0) is 0 Å². The average Bonchev–Trinajstić information content (AvgIpc) is 3.62. The Hall–Kier alpha value is -5.61. The highest BCUT2D eigenvalue weighted by molar-refractivity contribution is 6.16. The highest BCUT2D eigenvalue weighted by Gasteiger charge is 2.21. The Morgan fingerprint density at radius 3 is 1.90 bits per heavy atom. The van der Waals surface area contributed by atoms with Gasteiger partial charge in [0.25, 0.3) is 0 Å². The summed E-state index contributed by atoms with van der Waals surface area (Å²) in [6.45, 7) is 0. The Labute approximate surface area is 237 Å². The van der Waals surface area contributed by atoms with Crippen molar-refractivity contribution in [2.75, 3.05) is 4.90 Å². The number of oxazole rings is 1. The van der Waals surface area contributed by atoms with Crippen molar-refractivity contribution in [3.63, 3.8) is 0 Å². The van der Waals surface area contributed by atoms with Crippen LogP contribution in [0.3, 0.4) is 0 Å². The second-order valence-corrected chi connectivity index (χ2v) is 10.1. The monoisotopic (exact) mass is 527 g/mol. The average molecular weight is 528 g/mol. The van der Waals surface area contributed by atoms with Gasteiger partial charge in [-0.1, -0.05) is 78.9 Å². The summed E-state index contributed by atoms with van der Waals surface area (Å²) in [7, 11) is 0. The number of fused-ring (bicyclic) bond motifs is 4. The van der Waals surface area contributed by atoms with Crippen LogP contribution in [-0.4, -0.2) is 9.55 Å². The van der Waals surface area contributed by atoms with E-state index in [0.717, 1.165) is 61.2 Å². The van der Waals surface area contributed by atoms with Gasteiger partial charge in [0, 0.05) is 39.1 Å². The molecule has 0 bridgehead atoms. The molecule has 0 saturated heterocycles. The van der Waals surface area contributed by atoms with E-state index in [-0.39, 0.29) is 0 Å². The SMILES string of the molecule is c1ccc(N(c2ccccc2)c2ccc3c4c(-c5nc6ccccc6o5)cccc4n(-c4ccccc4)c3c2)cc1. The molecule has 0 saturated carbocycles. The molecule has 0 atom stereocenters. The lowest BCUT2D eigenvalue weighted by Gasteiger charge is -2.25. The Morgan fingerprint density at radius 2 is 1.20 bits per heavy atom. The topological polar surface area (TPSA) is 34.2 Å². The zero-order chi connectivity index (χ0) is 27.2. The summed E-state index contributed by atoms with van der Waals surface area (Å²) < 4.78 is 8.62.